The van der Waals surface area contributed by atoms with Crippen LogP contribution in [0.2, 0.25) is 10.2 Å². The maximum absolute atomic E-state index is 14.1. The Hall–Kier alpha value is -3.15. The van der Waals surface area contributed by atoms with Gasteiger partial charge in [-0.2, -0.15) is 23.1 Å². The number of carbonyl (C=O) groups excluding carboxylic acids is 1. The number of halogens is 5. The molecule has 2 heterocycles. The summed E-state index contributed by atoms with van der Waals surface area (Å²) >= 11 is 12.1. The lowest BCUT2D eigenvalue weighted by Crippen LogP contribution is -2.46. The van der Waals surface area contributed by atoms with Gasteiger partial charge in [0.2, 0.25) is 0 Å². The van der Waals surface area contributed by atoms with Crippen LogP contribution in [-0.4, -0.2) is 39.5 Å². The topological polar surface area (TPSA) is 104 Å². The SMILES string of the molecule is COC(=O)Oc1cnc(OCc2ccc(C(C)C(O)(c3ccnc(Cl)c3)C(F)(F)F)c(Cl)c2)nc1. The van der Waals surface area contributed by atoms with Crippen molar-refractivity contribution in [2.75, 3.05) is 7.11 Å². The van der Waals surface area contributed by atoms with E-state index in [0.717, 1.165) is 25.4 Å². The molecule has 1 aromatic carbocycles. The number of pyridine rings is 1. The number of methoxy groups -OCH3 is 1. The smallest absolute Gasteiger partial charge is 0.459 e. The highest BCUT2D eigenvalue weighted by Gasteiger charge is 2.59. The quantitative estimate of drug-likeness (QED) is 0.316. The van der Waals surface area contributed by atoms with Crippen molar-refractivity contribution < 1.29 is 37.3 Å². The Morgan fingerprint density at radius 2 is 1.80 bits per heavy atom. The van der Waals surface area contributed by atoms with Crippen LogP contribution in [0.5, 0.6) is 11.8 Å². The zero-order chi connectivity index (χ0) is 25.8. The van der Waals surface area contributed by atoms with Gasteiger partial charge >= 0.3 is 18.3 Å². The average molecular weight is 532 g/mol. The predicted molar refractivity (Wildman–Crippen MR) is 118 cm³/mol. The fourth-order valence-corrected chi connectivity index (χ4v) is 3.79. The first-order valence-corrected chi connectivity index (χ1v) is 10.6. The molecule has 0 saturated heterocycles. The highest BCUT2D eigenvalue weighted by molar-refractivity contribution is 6.31. The Balaban J connectivity index is 1.78. The van der Waals surface area contributed by atoms with Crippen LogP contribution in [-0.2, 0) is 16.9 Å². The fourth-order valence-electron chi connectivity index (χ4n) is 3.25. The fraction of sp³-hybridized carbons (Fsp3) is 0.273. The molecule has 0 saturated carbocycles. The van der Waals surface area contributed by atoms with Crippen molar-refractivity contribution in [3.8, 4) is 11.8 Å². The normalized spacial score (nSPS) is 14.1. The molecule has 186 valence electrons. The number of hydrogen-bond acceptors (Lipinski definition) is 8. The van der Waals surface area contributed by atoms with Crippen molar-refractivity contribution >= 4 is 29.4 Å². The molecule has 0 aliphatic carbocycles. The number of nitrogens with zero attached hydrogens (tertiary/aromatic N) is 3. The monoisotopic (exact) mass is 531 g/mol. The molecule has 3 rings (SSSR count). The summed E-state index contributed by atoms with van der Waals surface area (Å²) in [5.41, 5.74) is -3.17. The number of ether oxygens (including phenoxy) is 3. The maximum atomic E-state index is 14.1. The highest BCUT2D eigenvalue weighted by Crippen LogP contribution is 2.50. The lowest BCUT2D eigenvalue weighted by Gasteiger charge is -2.37. The van der Waals surface area contributed by atoms with Crippen LogP contribution in [0.3, 0.4) is 0 Å². The van der Waals surface area contributed by atoms with E-state index in [4.69, 9.17) is 32.7 Å². The van der Waals surface area contributed by atoms with E-state index in [1.165, 1.54) is 37.5 Å². The van der Waals surface area contributed by atoms with Crippen LogP contribution in [0, 0.1) is 0 Å². The van der Waals surface area contributed by atoms with Gasteiger partial charge in [-0.05, 0) is 34.9 Å². The third-order valence-electron chi connectivity index (χ3n) is 5.10. The second kappa shape index (κ2) is 10.6. The van der Waals surface area contributed by atoms with E-state index in [0.29, 0.717) is 5.56 Å². The molecule has 1 N–H and O–H groups in total. The van der Waals surface area contributed by atoms with Gasteiger partial charge in [-0.1, -0.05) is 42.3 Å². The van der Waals surface area contributed by atoms with Crippen molar-refractivity contribution in [3.05, 3.63) is 75.8 Å². The lowest BCUT2D eigenvalue weighted by atomic mass is 9.78. The van der Waals surface area contributed by atoms with Gasteiger partial charge in [-0.25, -0.2) is 9.78 Å². The van der Waals surface area contributed by atoms with Gasteiger partial charge in [0.25, 0.3) is 0 Å². The summed E-state index contributed by atoms with van der Waals surface area (Å²) in [6.07, 6.45) is -2.50. The summed E-state index contributed by atoms with van der Waals surface area (Å²) in [5, 5.41) is 10.7. The van der Waals surface area contributed by atoms with E-state index in [2.05, 4.69) is 19.7 Å². The Kier molecular flexibility index (Phi) is 8.04. The van der Waals surface area contributed by atoms with Crippen molar-refractivity contribution in [3.63, 3.8) is 0 Å². The molecule has 0 bridgehead atoms. The first kappa shape index (κ1) is 26.5. The zero-order valence-corrected chi connectivity index (χ0v) is 19.7. The predicted octanol–water partition coefficient (Wildman–Crippen LogP) is 5.46. The van der Waals surface area contributed by atoms with Crippen molar-refractivity contribution in [1.82, 2.24) is 15.0 Å². The van der Waals surface area contributed by atoms with Gasteiger partial charge in [-0.15, -0.1) is 0 Å². The third kappa shape index (κ3) is 5.92. The van der Waals surface area contributed by atoms with Gasteiger partial charge in [0.15, 0.2) is 11.4 Å². The van der Waals surface area contributed by atoms with Crippen molar-refractivity contribution in [2.24, 2.45) is 0 Å². The van der Waals surface area contributed by atoms with E-state index in [9.17, 15) is 23.1 Å². The Bertz CT molecular complexity index is 1200. The second-order valence-electron chi connectivity index (χ2n) is 7.26. The number of hydrogen-bond donors (Lipinski definition) is 1. The minimum absolute atomic E-state index is 0.0100. The average Bonchev–Trinajstić information content (AvgIpc) is 2.82. The standard InChI is InChI=1S/C22H18Cl2F3N3O5/c1-12(21(32,22(25,26)27)14-5-6-28-18(24)8-14)16-4-3-13(7-17(16)23)11-34-19-29-9-15(10-30-19)35-20(31)33-2/h3-10,12,32H,11H2,1-2H3. The van der Waals surface area contributed by atoms with Gasteiger partial charge in [0.05, 0.1) is 19.5 Å². The summed E-state index contributed by atoms with van der Waals surface area (Å²) in [7, 11) is 1.15. The molecule has 8 nitrogen and oxygen atoms in total. The molecular formula is C22H18Cl2F3N3O5. The molecule has 0 aliphatic rings. The number of aromatic nitrogens is 3. The van der Waals surface area contributed by atoms with E-state index in [1.54, 1.807) is 0 Å². The first-order valence-electron chi connectivity index (χ1n) is 9.85. The number of benzene rings is 1. The largest absolute Gasteiger partial charge is 0.513 e. The molecule has 3 aromatic rings. The molecule has 0 radical (unpaired) electrons. The molecule has 2 unspecified atom stereocenters. The van der Waals surface area contributed by atoms with Gasteiger partial charge in [0.1, 0.15) is 11.8 Å². The third-order valence-corrected chi connectivity index (χ3v) is 5.63. The van der Waals surface area contributed by atoms with Crippen LogP contribution in [0.1, 0.15) is 29.5 Å². The highest BCUT2D eigenvalue weighted by atomic mass is 35.5. The summed E-state index contributed by atoms with van der Waals surface area (Å²) in [4.78, 5) is 22.5. The Morgan fingerprint density at radius 1 is 1.11 bits per heavy atom. The van der Waals surface area contributed by atoms with E-state index in [-0.39, 0.29) is 34.1 Å². The van der Waals surface area contributed by atoms with Crippen LogP contribution in [0.15, 0.2) is 48.9 Å². The first-order chi connectivity index (χ1) is 16.5. The lowest BCUT2D eigenvalue weighted by molar-refractivity contribution is -0.274. The number of aliphatic hydroxyl groups is 1. The second-order valence-corrected chi connectivity index (χ2v) is 8.05. The summed E-state index contributed by atoms with van der Waals surface area (Å²) < 4.78 is 56.7. The van der Waals surface area contributed by atoms with E-state index >= 15 is 0 Å². The molecule has 0 spiro atoms. The van der Waals surface area contributed by atoms with Crippen LogP contribution in [0.25, 0.3) is 0 Å². The van der Waals surface area contributed by atoms with Crippen LogP contribution < -0.4 is 9.47 Å². The molecule has 0 amide bonds. The molecular weight excluding hydrogens is 514 g/mol. The van der Waals surface area contributed by atoms with E-state index < -0.39 is 29.4 Å². The zero-order valence-electron chi connectivity index (χ0n) is 18.2. The summed E-state index contributed by atoms with van der Waals surface area (Å²) in [5.74, 6) is -1.45. The van der Waals surface area contributed by atoms with Crippen LogP contribution in [0.4, 0.5) is 18.0 Å². The van der Waals surface area contributed by atoms with Crippen molar-refractivity contribution in [1.29, 1.82) is 0 Å². The minimum atomic E-state index is -5.04. The van der Waals surface area contributed by atoms with Crippen LogP contribution >= 0.6 is 23.2 Å². The Morgan fingerprint density at radius 3 is 2.37 bits per heavy atom. The molecule has 0 fully saturated rings. The van der Waals surface area contributed by atoms with Gasteiger partial charge in [-0.3, -0.25) is 0 Å². The number of rotatable bonds is 7. The summed E-state index contributed by atoms with van der Waals surface area (Å²) in [6.45, 7) is 1.15. The van der Waals surface area contributed by atoms with E-state index in [1.807, 2.05) is 0 Å². The van der Waals surface area contributed by atoms with Gasteiger partial charge < -0.3 is 19.3 Å². The van der Waals surface area contributed by atoms with Gasteiger partial charge in [0, 0.05) is 17.1 Å². The molecule has 0 aliphatic heterocycles. The number of alkyl halides is 3. The molecule has 13 heteroatoms. The summed E-state index contributed by atoms with van der Waals surface area (Å²) in [6, 6.07) is 6.26. The maximum Gasteiger partial charge on any atom is 0.513 e. The molecule has 2 aromatic heterocycles. The molecule has 2 atom stereocenters. The number of carbonyl (C=O) groups is 1. The minimum Gasteiger partial charge on any atom is -0.459 e. The Labute approximate surface area is 207 Å². The van der Waals surface area contributed by atoms with Crippen molar-refractivity contribution in [2.45, 2.75) is 31.2 Å². The molecule has 35 heavy (non-hydrogen) atoms.